The Morgan fingerprint density at radius 3 is 2.41 bits per heavy atom. The standard InChI is InChI=1S/C31H34N2S/c1-22-8-12-26(13-9-22)31-30(28-17-16-27(32)21-29(28)34-31)23(2)25-14-10-24(11-15-25)7-6-20-33-18-4-3-5-19-33/h8-17,21H,2-7,18-20,32H2,1H3. The smallest absolute Gasteiger partial charge is 0.0433 e. The zero-order valence-corrected chi connectivity index (χ0v) is 21.0. The van der Waals surface area contributed by atoms with Crippen LogP contribution >= 0.6 is 11.3 Å². The lowest BCUT2D eigenvalue weighted by Gasteiger charge is -2.26. The number of nitrogen functional groups attached to an aromatic ring is 1. The van der Waals surface area contributed by atoms with Crippen LogP contribution in [0.1, 0.15) is 47.9 Å². The van der Waals surface area contributed by atoms with E-state index in [-0.39, 0.29) is 0 Å². The van der Waals surface area contributed by atoms with Crippen LogP contribution in [0.4, 0.5) is 5.69 Å². The number of nitrogens with zero attached hydrogens (tertiary/aromatic N) is 1. The lowest BCUT2D eigenvalue weighted by atomic mass is 9.93. The van der Waals surface area contributed by atoms with E-state index < -0.39 is 0 Å². The van der Waals surface area contributed by atoms with Gasteiger partial charge in [-0.25, -0.2) is 0 Å². The van der Waals surface area contributed by atoms with Crippen LogP contribution in [-0.2, 0) is 6.42 Å². The number of nitrogens with two attached hydrogens (primary N) is 1. The Labute approximate surface area is 207 Å². The molecule has 1 saturated heterocycles. The Kier molecular flexibility index (Phi) is 6.85. The van der Waals surface area contributed by atoms with Gasteiger partial charge in [-0.3, -0.25) is 0 Å². The quantitative estimate of drug-likeness (QED) is 0.280. The van der Waals surface area contributed by atoms with Gasteiger partial charge in [0.05, 0.1) is 0 Å². The Balaban J connectivity index is 1.39. The molecule has 0 aliphatic carbocycles. The molecule has 1 aliphatic heterocycles. The summed E-state index contributed by atoms with van der Waals surface area (Å²) in [7, 11) is 0. The molecule has 0 spiro atoms. The fraction of sp³-hybridized carbons (Fsp3) is 0.290. The summed E-state index contributed by atoms with van der Waals surface area (Å²) in [5, 5.41) is 1.23. The van der Waals surface area contributed by atoms with E-state index in [1.54, 1.807) is 11.3 Å². The molecule has 2 N–H and O–H groups in total. The number of hydrogen-bond acceptors (Lipinski definition) is 3. The number of likely N-dealkylation sites (tertiary alicyclic amines) is 1. The maximum atomic E-state index is 6.11. The van der Waals surface area contributed by atoms with Gasteiger partial charge in [0.25, 0.3) is 0 Å². The Morgan fingerprint density at radius 1 is 0.941 bits per heavy atom. The van der Waals surface area contributed by atoms with Crippen LogP contribution in [-0.4, -0.2) is 24.5 Å². The van der Waals surface area contributed by atoms with E-state index in [0.29, 0.717) is 0 Å². The second kappa shape index (κ2) is 10.2. The van der Waals surface area contributed by atoms with Crippen LogP contribution in [0.3, 0.4) is 0 Å². The molecular weight excluding hydrogens is 432 g/mol. The first kappa shape index (κ1) is 22.9. The zero-order valence-electron chi connectivity index (χ0n) is 20.1. The van der Waals surface area contributed by atoms with E-state index in [1.165, 1.54) is 88.1 Å². The van der Waals surface area contributed by atoms with E-state index >= 15 is 0 Å². The van der Waals surface area contributed by atoms with Gasteiger partial charge in [-0.05, 0) is 86.6 Å². The molecule has 0 bridgehead atoms. The monoisotopic (exact) mass is 466 g/mol. The number of piperidine rings is 1. The van der Waals surface area contributed by atoms with Crippen molar-refractivity contribution in [2.24, 2.45) is 0 Å². The third kappa shape index (κ3) is 4.96. The highest BCUT2D eigenvalue weighted by Crippen LogP contribution is 2.44. The lowest BCUT2D eigenvalue weighted by Crippen LogP contribution is -2.30. The van der Waals surface area contributed by atoms with Gasteiger partial charge in [0.2, 0.25) is 0 Å². The lowest BCUT2D eigenvalue weighted by molar-refractivity contribution is 0.226. The number of rotatable bonds is 7. The Bertz CT molecular complexity index is 1280. The first-order chi connectivity index (χ1) is 16.6. The van der Waals surface area contributed by atoms with E-state index in [9.17, 15) is 0 Å². The second-order valence-electron chi connectivity index (χ2n) is 9.61. The van der Waals surface area contributed by atoms with Crippen LogP contribution in [0.2, 0.25) is 0 Å². The molecule has 1 fully saturated rings. The van der Waals surface area contributed by atoms with Gasteiger partial charge in [0.15, 0.2) is 0 Å². The van der Waals surface area contributed by atoms with Crippen molar-refractivity contribution in [3.63, 3.8) is 0 Å². The van der Waals surface area contributed by atoms with Crippen molar-refractivity contribution in [3.8, 4) is 10.4 Å². The van der Waals surface area contributed by atoms with Gasteiger partial charge in [0, 0.05) is 26.2 Å². The van der Waals surface area contributed by atoms with Crippen LogP contribution < -0.4 is 5.73 Å². The molecule has 0 radical (unpaired) electrons. The molecule has 5 rings (SSSR count). The van der Waals surface area contributed by atoms with Crippen molar-refractivity contribution < 1.29 is 0 Å². The van der Waals surface area contributed by atoms with Crippen molar-refractivity contribution in [2.75, 3.05) is 25.4 Å². The summed E-state index contributed by atoms with van der Waals surface area (Å²) in [6, 6.07) is 24.1. The van der Waals surface area contributed by atoms with Crippen molar-refractivity contribution >= 4 is 32.7 Å². The van der Waals surface area contributed by atoms with Crippen LogP contribution in [0.25, 0.3) is 26.1 Å². The molecule has 3 aromatic carbocycles. The van der Waals surface area contributed by atoms with Gasteiger partial charge in [-0.15, -0.1) is 11.3 Å². The number of anilines is 1. The van der Waals surface area contributed by atoms with Crippen molar-refractivity contribution in [3.05, 3.63) is 95.6 Å². The molecule has 2 nitrogen and oxygen atoms in total. The summed E-state index contributed by atoms with van der Waals surface area (Å²) in [6.45, 7) is 10.5. The highest BCUT2D eigenvalue weighted by Gasteiger charge is 2.18. The first-order valence-corrected chi connectivity index (χ1v) is 13.3. The van der Waals surface area contributed by atoms with Crippen LogP contribution in [0.5, 0.6) is 0 Å². The predicted molar refractivity (Wildman–Crippen MR) is 150 cm³/mol. The average molecular weight is 467 g/mol. The maximum absolute atomic E-state index is 6.11. The van der Waals surface area contributed by atoms with Gasteiger partial charge < -0.3 is 10.6 Å². The third-order valence-corrected chi connectivity index (χ3v) is 8.22. The Morgan fingerprint density at radius 2 is 1.68 bits per heavy atom. The van der Waals surface area contributed by atoms with Gasteiger partial charge in [0.1, 0.15) is 0 Å². The summed E-state index contributed by atoms with van der Waals surface area (Å²) < 4.78 is 1.21. The summed E-state index contributed by atoms with van der Waals surface area (Å²) in [4.78, 5) is 3.89. The number of fused-ring (bicyclic) bond motifs is 1. The number of benzene rings is 3. The van der Waals surface area contributed by atoms with Crippen molar-refractivity contribution in [1.82, 2.24) is 4.90 Å². The molecule has 174 valence electrons. The molecule has 3 heteroatoms. The van der Waals surface area contributed by atoms with Gasteiger partial charge in [-0.1, -0.05) is 73.2 Å². The highest BCUT2D eigenvalue weighted by molar-refractivity contribution is 7.22. The molecule has 0 unspecified atom stereocenters. The molecule has 1 aliphatic rings. The number of aryl methyl sites for hydroxylation is 2. The molecule has 4 aromatic rings. The Hall–Kier alpha value is -2.88. The molecule has 1 aromatic heterocycles. The fourth-order valence-corrected chi connectivity index (χ4v) is 6.31. The van der Waals surface area contributed by atoms with Gasteiger partial charge in [-0.2, -0.15) is 0 Å². The van der Waals surface area contributed by atoms with Crippen LogP contribution in [0.15, 0.2) is 73.3 Å². The molecule has 0 amide bonds. The topological polar surface area (TPSA) is 29.3 Å². The molecule has 34 heavy (non-hydrogen) atoms. The van der Waals surface area contributed by atoms with E-state index in [0.717, 1.165) is 17.7 Å². The highest BCUT2D eigenvalue weighted by atomic mass is 32.1. The predicted octanol–water partition coefficient (Wildman–Crippen LogP) is 7.94. The molecule has 2 heterocycles. The number of thiophene rings is 1. The minimum absolute atomic E-state index is 0.801. The van der Waals surface area contributed by atoms with E-state index in [4.69, 9.17) is 5.73 Å². The number of hydrogen-bond donors (Lipinski definition) is 1. The fourth-order valence-electron chi connectivity index (χ4n) is 5.03. The second-order valence-corrected chi connectivity index (χ2v) is 10.7. The zero-order chi connectivity index (χ0) is 23.5. The first-order valence-electron chi connectivity index (χ1n) is 12.5. The van der Waals surface area contributed by atoms with Crippen LogP contribution in [0, 0.1) is 6.92 Å². The largest absolute Gasteiger partial charge is 0.399 e. The third-order valence-electron chi connectivity index (χ3n) is 7.02. The summed E-state index contributed by atoms with van der Waals surface area (Å²) in [6.07, 6.45) is 6.50. The van der Waals surface area contributed by atoms with Gasteiger partial charge >= 0.3 is 0 Å². The normalized spacial score (nSPS) is 14.5. The van der Waals surface area contributed by atoms with Crippen molar-refractivity contribution in [2.45, 2.75) is 39.0 Å². The minimum Gasteiger partial charge on any atom is -0.399 e. The molecular formula is C31H34N2S. The maximum Gasteiger partial charge on any atom is 0.0433 e. The van der Waals surface area contributed by atoms with Crippen molar-refractivity contribution in [1.29, 1.82) is 0 Å². The summed E-state index contributed by atoms with van der Waals surface area (Å²) >= 11 is 1.80. The minimum atomic E-state index is 0.801. The summed E-state index contributed by atoms with van der Waals surface area (Å²) in [5.41, 5.74) is 14.3. The SMILES string of the molecule is C=C(c1ccc(CCCN2CCCCC2)cc1)c1c(-c2ccc(C)cc2)sc2cc(N)ccc12. The summed E-state index contributed by atoms with van der Waals surface area (Å²) in [5.74, 6) is 0. The van der Waals surface area contributed by atoms with E-state index in [1.807, 2.05) is 6.07 Å². The molecule has 0 saturated carbocycles. The molecule has 0 atom stereocenters. The van der Waals surface area contributed by atoms with E-state index in [2.05, 4.69) is 79.1 Å². The average Bonchev–Trinajstić information content (AvgIpc) is 3.23.